The molecule has 264 valence electrons. The lowest BCUT2D eigenvalue weighted by Gasteiger charge is -2.07. The van der Waals surface area contributed by atoms with Gasteiger partial charge in [0.15, 0.2) is 0 Å². The summed E-state index contributed by atoms with van der Waals surface area (Å²) < 4.78 is 5.14. The third-order valence-corrected chi connectivity index (χ3v) is 10.3. The summed E-state index contributed by atoms with van der Waals surface area (Å²) in [5, 5.41) is 0. The number of rotatable bonds is 34. The smallest absolute Gasteiger partial charge is 0.234 e. The van der Waals surface area contributed by atoms with Crippen molar-refractivity contribution in [2.75, 3.05) is 0 Å². The van der Waals surface area contributed by atoms with Gasteiger partial charge in [0.1, 0.15) is 12.4 Å². The fraction of sp³-hybridized carbons (Fsp3) is 0.795. The SMILES string of the molecule is CCCCCCCCCCCCCCCCCCC[n+]1ccn(CCCCCCCCCCCCCCC)c1Cc1ccccc1. The molecule has 0 unspecified atom stereocenters. The minimum absolute atomic E-state index is 1.05. The summed E-state index contributed by atoms with van der Waals surface area (Å²) in [5.74, 6) is 1.50. The van der Waals surface area contributed by atoms with Gasteiger partial charge in [0.25, 0.3) is 5.82 Å². The van der Waals surface area contributed by atoms with E-state index in [9.17, 15) is 0 Å². The van der Waals surface area contributed by atoms with Crippen molar-refractivity contribution in [3.8, 4) is 0 Å². The van der Waals surface area contributed by atoms with Gasteiger partial charge in [-0.1, -0.05) is 211 Å². The van der Waals surface area contributed by atoms with E-state index in [2.05, 4.69) is 65.7 Å². The molecule has 2 nitrogen and oxygen atoms in total. The standard InChI is InChI=1S/C44H79N2/c1-3-5-7-9-11-13-15-17-18-19-20-22-24-26-28-30-35-39-46-41-40-45(44(46)42-43-36-32-31-33-37-43)38-34-29-27-25-23-21-16-14-12-10-8-6-4-2/h31-33,36-37,40-41H,3-30,34-35,38-39,42H2,1-2H3/q+1. The zero-order chi connectivity index (χ0) is 32.6. The molecule has 0 aliphatic rings. The Morgan fingerprint density at radius 2 is 0.804 bits per heavy atom. The average molecular weight is 636 g/mol. The molecule has 2 rings (SSSR count). The molecule has 0 fully saturated rings. The largest absolute Gasteiger partial charge is 0.260 e. The van der Waals surface area contributed by atoms with E-state index in [1.807, 2.05) is 0 Å². The zero-order valence-corrected chi connectivity index (χ0v) is 31.3. The molecule has 0 radical (unpaired) electrons. The number of benzene rings is 1. The van der Waals surface area contributed by atoms with Gasteiger partial charge in [-0.15, -0.1) is 0 Å². The fourth-order valence-corrected chi connectivity index (χ4v) is 7.19. The molecule has 0 bridgehead atoms. The first-order valence-corrected chi connectivity index (χ1v) is 21.0. The van der Waals surface area contributed by atoms with Crippen molar-refractivity contribution in [3.63, 3.8) is 0 Å². The molecule has 0 aliphatic carbocycles. The predicted octanol–water partition coefficient (Wildman–Crippen LogP) is 14.1. The van der Waals surface area contributed by atoms with Gasteiger partial charge in [-0.05, 0) is 31.2 Å². The molecule has 1 aromatic heterocycles. The second-order valence-corrected chi connectivity index (χ2v) is 14.7. The fourth-order valence-electron chi connectivity index (χ4n) is 7.19. The van der Waals surface area contributed by atoms with Gasteiger partial charge in [-0.2, -0.15) is 0 Å². The number of unbranched alkanes of at least 4 members (excludes halogenated alkanes) is 28. The van der Waals surface area contributed by atoms with E-state index in [0.717, 1.165) is 6.42 Å². The van der Waals surface area contributed by atoms with Crippen LogP contribution in [-0.2, 0) is 19.5 Å². The number of hydrogen-bond acceptors (Lipinski definition) is 0. The van der Waals surface area contributed by atoms with Crippen molar-refractivity contribution in [2.24, 2.45) is 0 Å². The first-order chi connectivity index (χ1) is 22.8. The van der Waals surface area contributed by atoms with Crippen LogP contribution in [0.4, 0.5) is 0 Å². The number of aromatic nitrogens is 2. The highest BCUT2D eigenvalue weighted by Crippen LogP contribution is 2.16. The maximum absolute atomic E-state index is 2.57. The van der Waals surface area contributed by atoms with Crippen molar-refractivity contribution in [2.45, 2.75) is 226 Å². The Morgan fingerprint density at radius 1 is 0.435 bits per heavy atom. The van der Waals surface area contributed by atoms with Crippen molar-refractivity contribution in [1.29, 1.82) is 0 Å². The Bertz CT molecular complexity index is 885. The highest BCUT2D eigenvalue weighted by atomic mass is 15.1. The molecular weight excluding hydrogens is 556 g/mol. The zero-order valence-electron chi connectivity index (χ0n) is 31.3. The molecule has 0 amide bonds. The molecular formula is C44H79N2+. The summed E-state index contributed by atoms with van der Waals surface area (Å²) in [4.78, 5) is 0. The van der Waals surface area contributed by atoms with Gasteiger partial charge in [0, 0.05) is 0 Å². The van der Waals surface area contributed by atoms with Crippen molar-refractivity contribution in [3.05, 3.63) is 54.1 Å². The number of aryl methyl sites for hydroxylation is 2. The number of hydrogen-bond donors (Lipinski definition) is 0. The average Bonchev–Trinajstić information content (AvgIpc) is 3.45. The van der Waals surface area contributed by atoms with E-state index in [4.69, 9.17) is 0 Å². The monoisotopic (exact) mass is 636 g/mol. The maximum Gasteiger partial charge on any atom is 0.260 e. The van der Waals surface area contributed by atoms with E-state index in [1.54, 1.807) is 0 Å². The van der Waals surface area contributed by atoms with E-state index in [-0.39, 0.29) is 0 Å². The van der Waals surface area contributed by atoms with Crippen LogP contribution < -0.4 is 4.57 Å². The van der Waals surface area contributed by atoms with Gasteiger partial charge in [-0.25, -0.2) is 9.13 Å². The Labute approximate surface area is 288 Å². The van der Waals surface area contributed by atoms with Crippen LogP contribution >= 0.6 is 0 Å². The van der Waals surface area contributed by atoms with Crippen LogP contribution in [0.15, 0.2) is 42.7 Å². The third-order valence-electron chi connectivity index (χ3n) is 10.3. The second kappa shape index (κ2) is 30.7. The van der Waals surface area contributed by atoms with Crippen molar-refractivity contribution in [1.82, 2.24) is 4.57 Å². The summed E-state index contributed by atoms with van der Waals surface area (Å²) in [7, 11) is 0. The lowest BCUT2D eigenvalue weighted by molar-refractivity contribution is -0.703. The summed E-state index contributed by atoms with van der Waals surface area (Å²) in [6, 6.07) is 11.1. The Kier molecular flexibility index (Phi) is 27.1. The molecule has 0 spiro atoms. The number of imidazole rings is 1. The highest BCUT2D eigenvalue weighted by molar-refractivity contribution is 5.18. The Balaban J connectivity index is 1.54. The van der Waals surface area contributed by atoms with Crippen LogP contribution in [-0.4, -0.2) is 4.57 Å². The van der Waals surface area contributed by atoms with Crippen LogP contribution in [0.2, 0.25) is 0 Å². The molecule has 0 saturated heterocycles. The number of nitrogens with zero attached hydrogens (tertiary/aromatic N) is 2. The van der Waals surface area contributed by atoms with Crippen molar-refractivity contribution >= 4 is 0 Å². The molecule has 46 heavy (non-hydrogen) atoms. The Hall–Kier alpha value is -1.57. The summed E-state index contributed by atoms with van der Waals surface area (Å²) in [6.45, 7) is 6.96. The molecule has 2 aromatic rings. The van der Waals surface area contributed by atoms with Gasteiger partial charge >= 0.3 is 0 Å². The Morgan fingerprint density at radius 3 is 1.22 bits per heavy atom. The van der Waals surface area contributed by atoms with Crippen LogP contribution in [0.3, 0.4) is 0 Å². The molecule has 0 N–H and O–H groups in total. The lowest BCUT2D eigenvalue weighted by atomic mass is 10.0. The summed E-state index contributed by atoms with van der Waals surface area (Å²) in [6.07, 6.45) is 48.7. The highest BCUT2D eigenvalue weighted by Gasteiger charge is 2.17. The minimum Gasteiger partial charge on any atom is -0.234 e. The van der Waals surface area contributed by atoms with Crippen molar-refractivity contribution < 1.29 is 4.57 Å². The second-order valence-electron chi connectivity index (χ2n) is 14.7. The quantitative estimate of drug-likeness (QED) is 0.0534. The summed E-state index contributed by atoms with van der Waals surface area (Å²) >= 11 is 0. The van der Waals surface area contributed by atoms with Crippen LogP contribution in [0.1, 0.15) is 218 Å². The first-order valence-electron chi connectivity index (χ1n) is 21.0. The predicted molar refractivity (Wildman–Crippen MR) is 204 cm³/mol. The molecule has 0 atom stereocenters. The molecule has 1 heterocycles. The maximum atomic E-state index is 2.57. The van der Waals surface area contributed by atoms with Gasteiger partial charge in [0.2, 0.25) is 0 Å². The third kappa shape index (κ3) is 22.1. The van der Waals surface area contributed by atoms with Crippen LogP contribution in [0.25, 0.3) is 0 Å². The van der Waals surface area contributed by atoms with E-state index in [1.165, 1.54) is 217 Å². The van der Waals surface area contributed by atoms with Crippen LogP contribution in [0.5, 0.6) is 0 Å². The molecule has 0 saturated carbocycles. The minimum atomic E-state index is 1.05. The molecule has 0 aliphatic heterocycles. The van der Waals surface area contributed by atoms with Crippen LogP contribution in [0, 0.1) is 0 Å². The summed E-state index contributed by atoms with van der Waals surface area (Å²) in [5.41, 5.74) is 1.43. The molecule has 2 heteroatoms. The van der Waals surface area contributed by atoms with Gasteiger partial charge in [-0.3, -0.25) is 0 Å². The van der Waals surface area contributed by atoms with E-state index < -0.39 is 0 Å². The first kappa shape index (κ1) is 40.6. The lowest BCUT2D eigenvalue weighted by Crippen LogP contribution is -2.37. The van der Waals surface area contributed by atoms with Gasteiger partial charge in [0.05, 0.1) is 19.5 Å². The van der Waals surface area contributed by atoms with Gasteiger partial charge < -0.3 is 0 Å². The molecule has 1 aromatic carbocycles. The topological polar surface area (TPSA) is 8.81 Å². The van der Waals surface area contributed by atoms with E-state index >= 15 is 0 Å². The van der Waals surface area contributed by atoms with E-state index in [0.29, 0.717) is 0 Å². The normalized spacial score (nSPS) is 11.5.